The van der Waals surface area contributed by atoms with E-state index in [4.69, 9.17) is 16.3 Å². The summed E-state index contributed by atoms with van der Waals surface area (Å²) in [6, 6.07) is 30.1. The summed E-state index contributed by atoms with van der Waals surface area (Å²) >= 11 is 7.65. The normalized spacial score (nSPS) is 19.4. The number of amides is 4. The lowest BCUT2D eigenvalue weighted by atomic mass is 9.73. The van der Waals surface area contributed by atoms with Crippen molar-refractivity contribution in [1.82, 2.24) is 29.6 Å². The number of sulfonamides is 1. The lowest BCUT2D eigenvalue weighted by Crippen LogP contribution is -2.52. The number of allylic oxidation sites excluding steroid dienone is 1. The molecule has 0 saturated carbocycles. The van der Waals surface area contributed by atoms with E-state index in [1.807, 2.05) is 47.2 Å². The molecule has 5 aromatic rings. The molecule has 24 heteroatoms. The molecule has 2 unspecified atom stereocenters. The number of alkyl halides is 3. The molecule has 3 saturated heterocycles. The molecule has 5 aliphatic rings. The molecule has 17 nitrogen and oxygen atoms in total. The molecule has 464 valence electrons. The van der Waals surface area contributed by atoms with Gasteiger partial charge in [0.1, 0.15) is 16.7 Å². The van der Waals surface area contributed by atoms with Crippen LogP contribution in [0.1, 0.15) is 90.6 Å². The van der Waals surface area contributed by atoms with Gasteiger partial charge in [0.25, 0.3) is 31.7 Å². The minimum absolute atomic E-state index is 0.0235. The zero-order chi connectivity index (χ0) is 61.7. The Morgan fingerprint density at radius 2 is 1.51 bits per heavy atom. The van der Waals surface area contributed by atoms with Gasteiger partial charge < -0.3 is 29.7 Å². The van der Waals surface area contributed by atoms with Crippen LogP contribution in [0.5, 0.6) is 5.75 Å². The highest BCUT2D eigenvalue weighted by Crippen LogP contribution is 2.43. The second-order valence-electron chi connectivity index (χ2n) is 23.6. The Morgan fingerprint density at radius 3 is 2.20 bits per heavy atom. The van der Waals surface area contributed by atoms with Crippen molar-refractivity contribution < 1.29 is 53.9 Å². The number of rotatable bonds is 22. The number of piperazine rings is 2. The SMILES string of the molecule is CC1(C)CCC(c2ccc(Cl)cc2)=C(CN2CCN(c3ccc(C(=O)NS(=O)(=O)c4ccc(NC(CCN5CCN(CCCOc6cccc7c6CN(C6CCC(=O)NC6=O)C7=O)CC5)CSc5ccccc5)c(S(=O)(=O)C(F)(F)F)c4)cc3)CC2)C1. The van der Waals surface area contributed by atoms with Crippen molar-refractivity contribution in [3.05, 3.63) is 148 Å². The number of ether oxygens (including phenoxy) is 1. The maximum atomic E-state index is 14.5. The summed E-state index contributed by atoms with van der Waals surface area (Å²) < 4.78 is 106. The standard InChI is InChI=1S/C63H72ClF3N8O9S3/c1-62(2)26-24-51(43-12-16-46(64)17-13-43)45(39-62)40-73-33-35-74(36-34-73)48-18-14-44(15-19-48)59(77)70-87(82,83)50-20-21-54(57(38-50)86(80,81)63(65,66)67)68-47(42-85-49-8-4-3-5-9-49)25-28-72-31-29-71(30-32-72)27-7-37-84-56-11-6-10-52-53(56)41-75(61(52)79)55-22-23-58(76)69-60(55)78/h3-6,8-21,38,47,55,68H,7,22-37,39-42H2,1-2H3,(H,70,77)(H,69,76,78). The van der Waals surface area contributed by atoms with E-state index >= 15 is 0 Å². The van der Waals surface area contributed by atoms with Crippen molar-refractivity contribution in [3.8, 4) is 5.75 Å². The van der Waals surface area contributed by atoms with Crippen LogP contribution < -0.4 is 25.0 Å². The smallest absolute Gasteiger partial charge is 0.493 e. The highest BCUT2D eigenvalue weighted by Gasteiger charge is 2.49. The summed E-state index contributed by atoms with van der Waals surface area (Å²) in [5, 5.41) is 6.07. The number of nitrogens with one attached hydrogen (secondary N) is 3. The highest BCUT2D eigenvalue weighted by molar-refractivity contribution is 7.99. The molecule has 87 heavy (non-hydrogen) atoms. The Morgan fingerprint density at radius 1 is 0.816 bits per heavy atom. The first kappa shape index (κ1) is 63.5. The number of sulfone groups is 1. The number of halogens is 4. The van der Waals surface area contributed by atoms with E-state index in [1.54, 1.807) is 30.3 Å². The molecule has 3 N–H and O–H groups in total. The van der Waals surface area contributed by atoms with Crippen LogP contribution in [0.15, 0.2) is 136 Å². The first-order valence-corrected chi connectivity index (χ1v) is 33.7. The van der Waals surface area contributed by atoms with E-state index in [9.17, 15) is 49.2 Å². The van der Waals surface area contributed by atoms with Gasteiger partial charge in [-0.3, -0.25) is 29.4 Å². The van der Waals surface area contributed by atoms with Gasteiger partial charge in [-0.05, 0) is 134 Å². The maximum absolute atomic E-state index is 14.5. The summed E-state index contributed by atoms with van der Waals surface area (Å²) in [4.78, 5) is 60.5. The predicted molar refractivity (Wildman–Crippen MR) is 330 cm³/mol. The molecule has 4 amide bonds. The molecule has 4 heterocycles. The van der Waals surface area contributed by atoms with Gasteiger partial charge in [-0.25, -0.2) is 21.6 Å². The lowest BCUT2D eigenvalue weighted by molar-refractivity contribution is -0.136. The molecule has 1 aliphatic carbocycles. The van der Waals surface area contributed by atoms with Crippen LogP contribution in [0.25, 0.3) is 5.57 Å². The molecular formula is C63H72ClF3N8O9S3. The number of nitrogens with zero attached hydrogens (tertiary/aromatic N) is 5. The molecule has 2 atom stereocenters. The summed E-state index contributed by atoms with van der Waals surface area (Å²) in [7, 11) is -11.0. The van der Waals surface area contributed by atoms with Crippen LogP contribution in [0, 0.1) is 5.41 Å². The van der Waals surface area contributed by atoms with Crippen molar-refractivity contribution in [1.29, 1.82) is 0 Å². The van der Waals surface area contributed by atoms with Crippen LogP contribution in [-0.2, 0) is 36.0 Å². The van der Waals surface area contributed by atoms with Gasteiger partial charge in [0.15, 0.2) is 0 Å². The van der Waals surface area contributed by atoms with Crippen LogP contribution in [-0.4, -0.2) is 162 Å². The number of carbonyl (C=O) groups is 4. The molecule has 4 aliphatic heterocycles. The maximum Gasteiger partial charge on any atom is 0.501 e. The summed E-state index contributed by atoms with van der Waals surface area (Å²) in [6.07, 6.45) is 4.60. The molecule has 3 fully saturated rings. The van der Waals surface area contributed by atoms with Crippen LogP contribution in [0.3, 0.4) is 0 Å². The number of carbonyl (C=O) groups excluding carboxylic acids is 4. The van der Waals surface area contributed by atoms with E-state index in [-0.39, 0.29) is 42.2 Å². The number of thioether (sulfide) groups is 1. The van der Waals surface area contributed by atoms with Crippen molar-refractivity contribution in [2.24, 2.45) is 5.41 Å². The average Bonchev–Trinajstić information content (AvgIpc) is 1.95. The zero-order valence-electron chi connectivity index (χ0n) is 48.6. The van der Waals surface area contributed by atoms with Crippen molar-refractivity contribution in [2.75, 3.05) is 94.6 Å². The van der Waals surface area contributed by atoms with Gasteiger partial charge >= 0.3 is 5.51 Å². The Hall–Kier alpha value is -6.47. The molecule has 0 aromatic heterocycles. The third-order valence-electron chi connectivity index (χ3n) is 17.0. The number of anilines is 2. The molecule has 5 aromatic carbocycles. The number of imide groups is 1. The fourth-order valence-electron chi connectivity index (χ4n) is 12.1. The van der Waals surface area contributed by atoms with E-state index in [2.05, 4.69) is 56.2 Å². The van der Waals surface area contributed by atoms with E-state index in [0.29, 0.717) is 85.9 Å². The molecule has 0 radical (unpaired) electrons. The highest BCUT2D eigenvalue weighted by atomic mass is 35.5. The summed E-state index contributed by atoms with van der Waals surface area (Å²) in [5.41, 5.74) is -0.0215. The first-order chi connectivity index (χ1) is 41.5. The molecule has 10 rings (SSSR count). The minimum Gasteiger partial charge on any atom is -0.493 e. The van der Waals surface area contributed by atoms with Crippen LogP contribution in [0.2, 0.25) is 5.02 Å². The predicted octanol–water partition coefficient (Wildman–Crippen LogP) is 9.35. The number of benzene rings is 5. The van der Waals surface area contributed by atoms with Gasteiger partial charge in [-0.2, -0.15) is 13.2 Å². The van der Waals surface area contributed by atoms with Crippen LogP contribution >= 0.6 is 23.4 Å². The second-order valence-corrected chi connectivity index (χ2v) is 28.7. The number of fused-ring (bicyclic) bond motifs is 1. The quantitative estimate of drug-likeness (QED) is 0.0336. The van der Waals surface area contributed by atoms with E-state index in [0.717, 1.165) is 81.2 Å². The minimum atomic E-state index is -6.14. The van der Waals surface area contributed by atoms with Crippen LogP contribution in [0.4, 0.5) is 24.5 Å². The monoisotopic (exact) mass is 1270 g/mol. The largest absolute Gasteiger partial charge is 0.501 e. The topological polar surface area (TPSA) is 198 Å². The third kappa shape index (κ3) is 15.5. The number of hydrogen-bond acceptors (Lipinski definition) is 15. The van der Waals surface area contributed by atoms with Gasteiger partial charge in [-0.1, -0.05) is 67.4 Å². The Labute approximate surface area is 516 Å². The Bertz CT molecular complexity index is 3600. The third-order valence-corrected chi connectivity index (χ3v) is 21.2. The fourth-order valence-corrected chi connectivity index (χ4v) is 15.2. The molecule has 0 bridgehead atoms. The summed E-state index contributed by atoms with van der Waals surface area (Å²) in [5.74, 6) is -1.27. The molecule has 0 spiro atoms. The van der Waals surface area contributed by atoms with Gasteiger partial charge in [-0.15, -0.1) is 11.8 Å². The average molecular weight is 1270 g/mol. The number of piperidine rings is 1. The van der Waals surface area contributed by atoms with Crippen molar-refractivity contribution in [2.45, 2.75) is 97.6 Å². The lowest BCUT2D eigenvalue weighted by Gasteiger charge is -2.39. The Balaban J connectivity index is 0.738. The first-order valence-electron chi connectivity index (χ1n) is 29.4. The second kappa shape index (κ2) is 27.1. The summed E-state index contributed by atoms with van der Waals surface area (Å²) in [6.45, 7) is 13.2. The number of hydrogen-bond donors (Lipinski definition) is 3. The van der Waals surface area contributed by atoms with Gasteiger partial charge in [0, 0.05) is 123 Å². The van der Waals surface area contributed by atoms with Crippen molar-refractivity contribution >= 4 is 83.8 Å². The van der Waals surface area contributed by atoms with E-state index in [1.165, 1.54) is 45.5 Å². The van der Waals surface area contributed by atoms with Gasteiger partial charge in [0.05, 0.1) is 23.7 Å². The Kier molecular flexibility index (Phi) is 19.8. The fraction of sp³-hybridized carbons (Fsp3) is 0.429. The van der Waals surface area contributed by atoms with Gasteiger partial charge in [0.2, 0.25) is 11.8 Å². The van der Waals surface area contributed by atoms with E-state index < -0.39 is 64.7 Å². The zero-order valence-corrected chi connectivity index (χ0v) is 51.8. The van der Waals surface area contributed by atoms with Crippen molar-refractivity contribution in [3.63, 3.8) is 0 Å². The molecular weight excluding hydrogens is 1200 g/mol.